The summed E-state index contributed by atoms with van der Waals surface area (Å²) in [5.41, 5.74) is -0.0337. The van der Waals surface area contributed by atoms with E-state index in [9.17, 15) is 14.4 Å². The van der Waals surface area contributed by atoms with E-state index in [1.807, 2.05) is 6.07 Å². The molecule has 1 aromatic carbocycles. The van der Waals surface area contributed by atoms with Crippen molar-refractivity contribution in [1.29, 1.82) is 0 Å². The molecule has 23 heavy (non-hydrogen) atoms. The molecule has 6 heteroatoms. The first-order valence-electron chi connectivity index (χ1n) is 7.37. The largest absolute Gasteiger partial charge is 0.469 e. The maximum Gasteiger partial charge on any atom is 0.408 e. The first kappa shape index (κ1) is 18.7. The summed E-state index contributed by atoms with van der Waals surface area (Å²) in [4.78, 5) is 35.5. The zero-order valence-corrected chi connectivity index (χ0v) is 13.9. The number of hydrogen-bond acceptors (Lipinski definition) is 5. The van der Waals surface area contributed by atoms with E-state index >= 15 is 0 Å². The number of alkyl carbamates (subject to hydrolysis) is 1. The number of rotatable bonds is 6. The molecule has 0 aliphatic rings. The molecule has 1 amide bonds. The molecule has 0 unspecified atom stereocenters. The Kier molecular flexibility index (Phi) is 6.75. The predicted octanol–water partition coefficient (Wildman–Crippen LogP) is 2.77. The number of ketones is 1. The molecule has 1 rings (SSSR count). The van der Waals surface area contributed by atoms with Gasteiger partial charge in [0.05, 0.1) is 13.5 Å². The summed E-state index contributed by atoms with van der Waals surface area (Å²) in [6.07, 6.45) is -0.741. The van der Waals surface area contributed by atoms with E-state index in [4.69, 9.17) is 4.74 Å². The predicted molar refractivity (Wildman–Crippen MR) is 84.8 cm³/mol. The number of carbonyl (C=O) groups is 3. The Labute approximate surface area is 136 Å². The standard InChI is InChI=1S/C17H23NO5/c1-17(2,3)23-16(21)18-15(12-8-6-5-7-9-12)13(19)10-11-14(20)22-4/h5-9,15H,10-11H2,1-4H3,(H,18,21)/t15-/m0/s1. The zero-order valence-electron chi connectivity index (χ0n) is 13.9. The smallest absolute Gasteiger partial charge is 0.408 e. The van der Waals surface area contributed by atoms with Gasteiger partial charge in [-0.3, -0.25) is 9.59 Å². The third kappa shape index (κ3) is 6.95. The van der Waals surface area contributed by atoms with Crippen LogP contribution < -0.4 is 5.32 Å². The molecule has 0 fully saturated rings. The molecule has 0 saturated heterocycles. The fraction of sp³-hybridized carbons (Fsp3) is 0.471. The molecule has 6 nitrogen and oxygen atoms in total. The van der Waals surface area contributed by atoms with Crippen molar-refractivity contribution < 1.29 is 23.9 Å². The van der Waals surface area contributed by atoms with Crippen LogP contribution in [0, 0.1) is 0 Å². The molecule has 0 radical (unpaired) electrons. The van der Waals surface area contributed by atoms with Crippen LogP contribution in [0.1, 0.15) is 45.2 Å². The van der Waals surface area contributed by atoms with E-state index in [0.717, 1.165) is 0 Å². The highest BCUT2D eigenvalue weighted by Crippen LogP contribution is 2.18. The van der Waals surface area contributed by atoms with E-state index in [2.05, 4.69) is 10.1 Å². The number of nitrogens with one attached hydrogen (secondary N) is 1. The first-order chi connectivity index (χ1) is 10.7. The van der Waals surface area contributed by atoms with Crippen molar-refractivity contribution in [3.05, 3.63) is 35.9 Å². The molecular weight excluding hydrogens is 298 g/mol. The minimum Gasteiger partial charge on any atom is -0.469 e. The van der Waals surface area contributed by atoms with Crippen molar-refractivity contribution in [3.63, 3.8) is 0 Å². The van der Waals surface area contributed by atoms with Crippen molar-refractivity contribution in [2.45, 2.75) is 45.3 Å². The Balaban J connectivity index is 2.84. The van der Waals surface area contributed by atoms with E-state index in [-0.39, 0.29) is 18.6 Å². The molecule has 0 saturated carbocycles. The van der Waals surface area contributed by atoms with Gasteiger partial charge in [-0.15, -0.1) is 0 Å². The molecule has 1 atom stereocenters. The molecule has 0 heterocycles. The van der Waals surface area contributed by atoms with Gasteiger partial charge >= 0.3 is 12.1 Å². The lowest BCUT2D eigenvalue weighted by Gasteiger charge is -2.23. The highest BCUT2D eigenvalue weighted by Gasteiger charge is 2.25. The summed E-state index contributed by atoms with van der Waals surface area (Å²) in [6.45, 7) is 5.22. The number of benzene rings is 1. The number of carbonyl (C=O) groups excluding carboxylic acids is 3. The molecule has 0 aromatic heterocycles. The molecule has 0 spiro atoms. The summed E-state index contributed by atoms with van der Waals surface area (Å²) in [7, 11) is 1.26. The summed E-state index contributed by atoms with van der Waals surface area (Å²) < 4.78 is 9.72. The number of hydrogen-bond donors (Lipinski definition) is 1. The van der Waals surface area contributed by atoms with Crippen molar-refractivity contribution in [3.8, 4) is 0 Å². The minimum atomic E-state index is -0.865. The Morgan fingerprint density at radius 2 is 1.70 bits per heavy atom. The van der Waals surface area contributed by atoms with Crippen LogP contribution >= 0.6 is 0 Å². The van der Waals surface area contributed by atoms with E-state index in [1.165, 1.54) is 7.11 Å². The van der Waals surface area contributed by atoms with Gasteiger partial charge in [0.25, 0.3) is 0 Å². The van der Waals surface area contributed by atoms with Crippen LogP contribution in [0.2, 0.25) is 0 Å². The van der Waals surface area contributed by atoms with Crippen molar-refractivity contribution in [1.82, 2.24) is 5.32 Å². The van der Waals surface area contributed by atoms with Crippen molar-refractivity contribution >= 4 is 17.8 Å². The van der Waals surface area contributed by atoms with Gasteiger partial charge in [0.1, 0.15) is 11.6 Å². The van der Waals surface area contributed by atoms with Gasteiger partial charge in [-0.25, -0.2) is 4.79 Å². The number of methoxy groups -OCH3 is 1. The maximum absolute atomic E-state index is 12.4. The Morgan fingerprint density at radius 1 is 1.09 bits per heavy atom. The average Bonchev–Trinajstić information content (AvgIpc) is 2.49. The lowest BCUT2D eigenvalue weighted by molar-refractivity contribution is -0.142. The lowest BCUT2D eigenvalue weighted by Crippen LogP contribution is -2.38. The second kappa shape index (κ2) is 8.31. The first-order valence-corrected chi connectivity index (χ1v) is 7.37. The SMILES string of the molecule is COC(=O)CCC(=O)[C@@H](NC(=O)OC(C)(C)C)c1ccccc1. The Hall–Kier alpha value is -2.37. The number of ether oxygens (including phenoxy) is 2. The Bertz CT molecular complexity index is 548. The molecular formula is C17H23NO5. The van der Waals surface area contributed by atoms with Gasteiger partial charge in [-0.05, 0) is 26.3 Å². The van der Waals surface area contributed by atoms with Crippen LogP contribution in [-0.4, -0.2) is 30.6 Å². The Morgan fingerprint density at radius 3 is 2.22 bits per heavy atom. The van der Waals surface area contributed by atoms with Gasteiger partial charge in [0, 0.05) is 6.42 Å². The molecule has 1 N–H and O–H groups in total. The highest BCUT2D eigenvalue weighted by molar-refractivity contribution is 5.90. The van der Waals surface area contributed by atoms with E-state index in [0.29, 0.717) is 5.56 Å². The highest BCUT2D eigenvalue weighted by atomic mass is 16.6. The zero-order chi connectivity index (χ0) is 17.5. The third-order valence-electron chi connectivity index (χ3n) is 2.92. The van der Waals surface area contributed by atoms with Gasteiger partial charge in [-0.2, -0.15) is 0 Å². The van der Waals surface area contributed by atoms with Gasteiger partial charge in [0.15, 0.2) is 5.78 Å². The average molecular weight is 321 g/mol. The summed E-state index contributed by atoms with van der Waals surface area (Å²) >= 11 is 0. The summed E-state index contributed by atoms with van der Waals surface area (Å²) in [5.74, 6) is -0.755. The monoisotopic (exact) mass is 321 g/mol. The summed E-state index contributed by atoms with van der Waals surface area (Å²) in [5, 5.41) is 2.57. The molecule has 0 aliphatic carbocycles. The van der Waals surface area contributed by atoms with Gasteiger partial charge in [-0.1, -0.05) is 30.3 Å². The van der Waals surface area contributed by atoms with Crippen LogP contribution in [0.3, 0.4) is 0 Å². The molecule has 0 aliphatic heterocycles. The number of Topliss-reactive ketones (excluding diaryl/α,β-unsaturated/α-hetero) is 1. The lowest BCUT2D eigenvalue weighted by atomic mass is 10.00. The number of esters is 1. The van der Waals surface area contributed by atoms with Crippen molar-refractivity contribution in [2.75, 3.05) is 7.11 Å². The van der Waals surface area contributed by atoms with Crippen LogP contribution in [0.25, 0.3) is 0 Å². The summed E-state index contributed by atoms with van der Waals surface area (Å²) in [6, 6.07) is 7.96. The fourth-order valence-corrected chi connectivity index (χ4v) is 1.89. The maximum atomic E-state index is 12.4. The third-order valence-corrected chi connectivity index (χ3v) is 2.92. The number of amides is 1. The normalized spacial score (nSPS) is 12.2. The van der Waals surface area contributed by atoms with Crippen LogP contribution in [-0.2, 0) is 19.1 Å². The van der Waals surface area contributed by atoms with Crippen LogP contribution in [0.5, 0.6) is 0 Å². The second-order valence-corrected chi connectivity index (χ2v) is 6.03. The molecule has 1 aromatic rings. The minimum absolute atomic E-state index is 0.0258. The van der Waals surface area contributed by atoms with Crippen LogP contribution in [0.15, 0.2) is 30.3 Å². The fourth-order valence-electron chi connectivity index (χ4n) is 1.89. The van der Waals surface area contributed by atoms with E-state index < -0.39 is 23.7 Å². The topological polar surface area (TPSA) is 81.7 Å². The second-order valence-electron chi connectivity index (χ2n) is 6.03. The van der Waals surface area contributed by atoms with Crippen molar-refractivity contribution in [2.24, 2.45) is 0 Å². The van der Waals surface area contributed by atoms with Crippen LogP contribution in [0.4, 0.5) is 4.79 Å². The van der Waals surface area contributed by atoms with Gasteiger partial charge in [0.2, 0.25) is 0 Å². The quantitative estimate of drug-likeness (QED) is 0.815. The molecule has 0 bridgehead atoms. The van der Waals surface area contributed by atoms with E-state index in [1.54, 1.807) is 45.0 Å². The van der Waals surface area contributed by atoms with Gasteiger partial charge < -0.3 is 14.8 Å². The molecule has 126 valence electrons.